The van der Waals surface area contributed by atoms with Crippen LogP contribution in [0, 0.1) is 6.92 Å². The highest BCUT2D eigenvalue weighted by atomic mass is 79.9. The molecule has 3 aromatic rings. The van der Waals surface area contributed by atoms with Gasteiger partial charge in [0.05, 0.1) is 6.54 Å². The van der Waals surface area contributed by atoms with Crippen molar-refractivity contribution in [2.45, 2.75) is 6.92 Å². The maximum absolute atomic E-state index is 12.3. The quantitative estimate of drug-likeness (QED) is 0.620. The number of nitrogens with one attached hydrogen (secondary N) is 2. The fourth-order valence-corrected chi connectivity index (χ4v) is 3.14. The van der Waals surface area contributed by atoms with E-state index in [1.54, 1.807) is 12.1 Å². The number of carbonyl (C=O) groups is 2. The number of hydrogen-bond acceptors (Lipinski definition) is 2. The highest BCUT2D eigenvalue weighted by molar-refractivity contribution is 9.10. The number of rotatable bonds is 5. The van der Waals surface area contributed by atoms with Crippen LogP contribution in [0.1, 0.15) is 15.9 Å². The summed E-state index contributed by atoms with van der Waals surface area (Å²) in [6, 6.07) is 22.9. The number of anilines is 1. The fourth-order valence-electron chi connectivity index (χ4n) is 2.67. The van der Waals surface area contributed by atoms with Gasteiger partial charge in [-0.3, -0.25) is 9.59 Å². The fraction of sp³-hybridized carbons (Fsp3) is 0.0909. The van der Waals surface area contributed by atoms with Crippen LogP contribution in [0.4, 0.5) is 5.69 Å². The van der Waals surface area contributed by atoms with Crippen molar-refractivity contribution in [2.75, 3.05) is 11.9 Å². The zero-order chi connectivity index (χ0) is 19.2. The van der Waals surface area contributed by atoms with Gasteiger partial charge < -0.3 is 10.6 Å². The van der Waals surface area contributed by atoms with Gasteiger partial charge in [0.25, 0.3) is 5.91 Å². The second-order valence-electron chi connectivity index (χ2n) is 6.13. The molecule has 0 saturated heterocycles. The summed E-state index contributed by atoms with van der Waals surface area (Å²) in [5.41, 5.74) is 4.32. The van der Waals surface area contributed by atoms with E-state index in [1.165, 1.54) is 0 Å². The second-order valence-corrected chi connectivity index (χ2v) is 7.05. The van der Waals surface area contributed by atoms with Crippen molar-refractivity contribution in [3.63, 3.8) is 0 Å². The predicted molar refractivity (Wildman–Crippen MR) is 112 cm³/mol. The molecule has 3 aromatic carbocycles. The first-order valence-corrected chi connectivity index (χ1v) is 9.32. The van der Waals surface area contributed by atoms with Gasteiger partial charge in [0.1, 0.15) is 0 Å². The van der Waals surface area contributed by atoms with Gasteiger partial charge in [-0.2, -0.15) is 0 Å². The lowest BCUT2D eigenvalue weighted by Gasteiger charge is -2.10. The minimum absolute atomic E-state index is 0.0885. The van der Waals surface area contributed by atoms with Crippen molar-refractivity contribution in [1.29, 1.82) is 0 Å². The minimum atomic E-state index is -0.280. The largest absolute Gasteiger partial charge is 0.343 e. The van der Waals surface area contributed by atoms with Gasteiger partial charge in [-0.25, -0.2) is 0 Å². The molecule has 0 fully saturated rings. The van der Waals surface area contributed by atoms with Crippen LogP contribution in [0.2, 0.25) is 0 Å². The molecule has 2 N–H and O–H groups in total. The molecule has 27 heavy (non-hydrogen) atoms. The molecule has 0 atom stereocenters. The zero-order valence-corrected chi connectivity index (χ0v) is 16.4. The van der Waals surface area contributed by atoms with E-state index >= 15 is 0 Å². The SMILES string of the molecule is Cc1cc(Br)ccc1NC(=O)CNC(=O)c1ccc(-c2ccccc2)cc1. The van der Waals surface area contributed by atoms with Crippen LogP contribution in [-0.4, -0.2) is 18.4 Å². The maximum Gasteiger partial charge on any atom is 0.251 e. The summed E-state index contributed by atoms with van der Waals surface area (Å²) in [5.74, 6) is -0.549. The zero-order valence-electron chi connectivity index (χ0n) is 14.8. The molecule has 2 amide bonds. The molecule has 0 aliphatic rings. The summed E-state index contributed by atoms with van der Waals surface area (Å²) in [5, 5.41) is 5.45. The lowest BCUT2D eigenvalue weighted by molar-refractivity contribution is -0.115. The van der Waals surface area contributed by atoms with Crippen LogP contribution in [0.3, 0.4) is 0 Å². The number of carbonyl (C=O) groups excluding carboxylic acids is 2. The van der Waals surface area contributed by atoms with Crippen LogP contribution >= 0.6 is 15.9 Å². The first-order chi connectivity index (χ1) is 13.0. The third-order valence-electron chi connectivity index (χ3n) is 4.13. The van der Waals surface area contributed by atoms with Crippen molar-refractivity contribution in [2.24, 2.45) is 0 Å². The van der Waals surface area contributed by atoms with E-state index in [2.05, 4.69) is 26.6 Å². The van der Waals surface area contributed by atoms with Crippen LogP contribution < -0.4 is 10.6 Å². The maximum atomic E-state index is 12.3. The molecule has 0 saturated carbocycles. The molecular formula is C22H19BrN2O2. The first kappa shape index (κ1) is 18.9. The molecule has 5 heteroatoms. The summed E-state index contributed by atoms with van der Waals surface area (Å²) in [4.78, 5) is 24.4. The third-order valence-corrected chi connectivity index (χ3v) is 4.62. The van der Waals surface area contributed by atoms with Crippen molar-refractivity contribution < 1.29 is 9.59 Å². The Morgan fingerprint density at radius 1 is 0.889 bits per heavy atom. The number of aryl methyl sites for hydroxylation is 1. The Hall–Kier alpha value is -2.92. The Morgan fingerprint density at radius 3 is 2.22 bits per heavy atom. The average Bonchev–Trinajstić information content (AvgIpc) is 2.69. The Balaban J connectivity index is 1.56. The summed E-state index contributed by atoms with van der Waals surface area (Å²) in [6.45, 7) is 1.82. The van der Waals surface area contributed by atoms with Gasteiger partial charge in [-0.05, 0) is 53.9 Å². The molecular weight excluding hydrogens is 404 g/mol. The Bertz CT molecular complexity index is 954. The molecule has 0 aliphatic heterocycles. The molecule has 0 spiro atoms. The van der Waals surface area contributed by atoms with Gasteiger partial charge in [-0.15, -0.1) is 0 Å². The second kappa shape index (κ2) is 8.64. The van der Waals surface area contributed by atoms with Gasteiger partial charge in [0.2, 0.25) is 5.91 Å². The van der Waals surface area contributed by atoms with E-state index in [-0.39, 0.29) is 18.4 Å². The predicted octanol–water partition coefficient (Wildman–Crippen LogP) is 4.79. The molecule has 0 bridgehead atoms. The summed E-state index contributed by atoms with van der Waals surface area (Å²) < 4.78 is 0.949. The van der Waals surface area contributed by atoms with Gasteiger partial charge >= 0.3 is 0 Å². The van der Waals surface area contributed by atoms with Crippen molar-refractivity contribution >= 4 is 33.4 Å². The van der Waals surface area contributed by atoms with Gasteiger partial charge in [0.15, 0.2) is 0 Å². The Morgan fingerprint density at radius 2 is 1.56 bits per heavy atom. The van der Waals surface area contributed by atoms with E-state index < -0.39 is 0 Å². The van der Waals surface area contributed by atoms with Crippen LogP contribution in [-0.2, 0) is 4.79 Å². The summed E-state index contributed by atoms with van der Waals surface area (Å²) in [6.07, 6.45) is 0. The van der Waals surface area contributed by atoms with Gasteiger partial charge in [-0.1, -0.05) is 58.4 Å². The number of amides is 2. The smallest absolute Gasteiger partial charge is 0.251 e. The highest BCUT2D eigenvalue weighted by Gasteiger charge is 2.10. The van der Waals surface area contributed by atoms with Gasteiger partial charge in [0, 0.05) is 15.7 Å². The molecule has 0 aliphatic carbocycles. The Kier molecular flexibility index (Phi) is 6.04. The topological polar surface area (TPSA) is 58.2 Å². The van der Waals surface area contributed by atoms with Crippen LogP contribution in [0.15, 0.2) is 77.3 Å². The van der Waals surface area contributed by atoms with Crippen molar-refractivity contribution in [1.82, 2.24) is 5.32 Å². The summed E-state index contributed by atoms with van der Waals surface area (Å²) >= 11 is 3.39. The third kappa shape index (κ3) is 5.05. The van der Waals surface area contributed by atoms with Crippen LogP contribution in [0.5, 0.6) is 0 Å². The standard InChI is InChI=1S/C22H19BrN2O2/c1-15-13-19(23)11-12-20(15)25-21(26)14-24-22(27)18-9-7-17(8-10-18)16-5-3-2-4-6-16/h2-13H,14H2,1H3,(H,24,27)(H,25,26). The highest BCUT2D eigenvalue weighted by Crippen LogP contribution is 2.20. The van der Waals surface area contributed by atoms with E-state index in [4.69, 9.17) is 0 Å². The van der Waals surface area contributed by atoms with E-state index in [0.717, 1.165) is 26.9 Å². The summed E-state index contributed by atoms with van der Waals surface area (Å²) in [7, 11) is 0. The molecule has 0 heterocycles. The molecule has 3 rings (SSSR count). The molecule has 0 aromatic heterocycles. The first-order valence-electron chi connectivity index (χ1n) is 8.52. The lowest BCUT2D eigenvalue weighted by Crippen LogP contribution is -2.32. The Labute approximate surface area is 166 Å². The molecule has 136 valence electrons. The normalized spacial score (nSPS) is 10.3. The molecule has 4 nitrogen and oxygen atoms in total. The van der Waals surface area contributed by atoms with E-state index in [0.29, 0.717) is 5.56 Å². The van der Waals surface area contributed by atoms with E-state index in [9.17, 15) is 9.59 Å². The average molecular weight is 423 g/mol. The monoisotopic (exact) mass is 422 g/mol. The minimum Gasteiger partial charge on any atom is -0.343 e. The molecule has 0 unspecified atom stereocenters. The van der Waals surface area contributed by atoms with Crippen molar-refractivity contribution in [3.05, 3.63) is 88.4 Å². The number of halogens is 1. The lowest BCUT2D eigenvalue weighted by atomic mass is 10.0. The van der Waals surface area contributed by atoms with Crippen LogP contribution in [0.25, 0.3) is 11.1 Å². The number of benzene rings is 3. The van der Waals surface area contributed by atoms with Crippen molar-refractivity contribution in [3.8, 4) is 11.1 Å². The number of hydrogen-bond donors (Lipinski definition) is 2. The molecule has 0 radical (unpaired) electrons. The van der Waals surface area contributed by atoms with E-state index in [1.807, 2.05) is 67.6 Å².